The third-order valence-electron chi connectivity index (χ3n) is 3.47. The first-order valence-corrected chi connectivity index (χ1v) is 7.83. The molecule has 5 heteroatoms. The zero-order valence-corrected chi connectivity index (χ0v) is 13.8. The van der Waals surface area contributed by atoms with Gasteiger partial charge in [0, 0.05) is 0 Å². The minimum absolute atomic E-state index is 0.147. The van der Waals surface area contributed by atoms with Crippen LogP contribution in [0.15, 0.2) is 48.5 Å². The van der Waals surface area contributed by atoms with E-state index in [1.807, 2.05) is 38.1 Å². The first-order chi connectivity index (χ1) is 11.6. The van der Waals surface area contributed by atoms with Crippen molar-refractivity contribution in [3.63, 3.8) is 0 Å². The average molecular weight is 327 g/mol. The second-order valence-electron chi connectivity index (χ2n) is 5.24. The quantitative estimate of drug-likeness (QED) is 0.757. The summed E-state index contributed by atoms with van der Waals surface area (Å²) in [6.45, 7) is 4.30. The minimum Gasteiger partial charge on any atom is -0.494 e. The molecule has 0 fully saturated rings. The van der Waals surface area contributed by atoms with E-state index in [4.69, 9.17) is 9.47 Å². The molecule has 1 unspecified atom stereocenters. The predicted octanol–water partition coefficient (Wildman–Crippen LogP) is 3.15. The SMILES string of the molecule is CCOc1ccc(C(C)NC(=O)COc2ccccc2C=O)cc1. The molecule has 0 saturated heterocycles. The number of rotatable bonds is 8. The van der Waals surface area contributed by atoms with Gasteiger partial charge in [0.25, 0.3) is 5.91 Å². The number of ether oxygens (including phenoxy) is 2. The molecule has 2 aromatic rings. The lowest BCUT2D eigenvalue weighted by Gasteiger charge is -2.15. The normalized spacial score (nSPS) is 11.4. The van der Waals surface area contributed by atoms with E-state index < -0.39 is 0 Å². The first kappa shape index (κ1) is 17.5. The second-order valence-corrected chi connectivity index (χ2v) is 5.24. The maximum Gasteiger partial charge on any atom is 0.258 e. The van der Waals surface area contributed by atoms with Gasteiger partial charge in [0.15, 0.2) is 12.9 Å². The zero-order chi connectivity index (χ0) is 17.4. The Bertz CT molecular complexity index is 682. The lowest BCUT2D eigenvalue weighted by atomic mass is 10.1. The summed E-state index contributed by atoms with van der Waals surface area (Å²) >= 11 is 0. The third kappa shape index (κ3) is 4.84. The van der Waals surface area contributed by atoms with Gasteiger partial charge in [-0.1, -0.05) is 24.3 Å². The summed E-state index contributed by atoms with van der Waals surface area (Å²) in [5, 5.41) is 2.86. The molecule has 24 heavy (non-hydrogen) atoms. The first-order valence-electron chi connectivity index (χ1n) is 7.83. The molecule has 0 aliphatic carbocycles. The molecular weight excluding hydrogens is 306 g/mol. The summed E-state index contributed by atoms with van der Waals surface area (Å²) in [6.07, 6.45) is 0.704. The smallest absolute Gasteiger partial charge is 0.258 e. The van der Waals surface area contributed by atoms with Gasteiger partial charge >= 0.3 is 0 Å². The molecule has 5 nitrogen and oxygen atoms in total. The maximum absolute atomic E-state index is 12.0. The van der Waals surface area contributed by atoms with Crippen LogP contribution >= 0.6 is 0 Å². The van der Waals surface area contributed by atoms with Crippen molar-refractivity contribution in [2.75, 3.05) is 13.2 Å². The van der Waals surface area contributed by atoms with Crippen LogP contribution in [0.3, 0.4) is 0 Å². The fourth-order valence-corrected chi connectivity index (χ4v) is 2.24. The summed E-state index contributed by atoms with van der Waals surface area (Å²) in [7, 11) is 0. The maximum atomic E-state index is 12.0. The topological polar surface area (TPSA) is 64.6 Å². The number of benzene rings is 2. The van der Waals surface area contributed by atoms with Crippen molar-refractivity contribution < 1.29 is 19.1 Å². The molecule has 1 N–H and O–H groups in total. The highest BCUT2D eigenvalue weighted by atomic mass is 16.5. The van der Waals surface area contributed by atoms with Crippen LogP contribution in [0.4, 0.5) is 0 Å². The Morgan fingerprint density at radius 1 is 1.12 bits per heavy atom. The van der Waals surface area contributed by atoms with Gasteiger partial charge in [-0.3, -0.25) is 9.59 Å². The van der Waals surface area contributed by atoms with E-state index in [-0.39, 0.29) is 18.6 Å². The summed E-state index contributed by atoms with van der Waals surface area (Å²) in [4.78, 5) is 22.9. The molecule has 0 aliphatic rings. The number of nitrogens with one attached hydrogen (secondary N) is 1. The van der Waals surface area contributed by atoms with E-state index in [0.717, 1.165) is 11.3 Å². The van der Waals surface area contributed by atoms with Crippen LogP contribution in [0.25, 0.3) is 0 Å². The van der Waals surface area contributed by atoms with Gasteiger partial charge in [-0.05, 0) is 43.7 Å². The Hall–Kier alpha value is -2.82. The predicted molar refractivity (Wildman–Crippen MR) is 91.5 cm³/mol. The van der Waals surface area contributed by atoms with Crippen molar-refractivity contribution in [2.24, 2.45) is 0 Å². The Morgan fingerprint density at radius 3 is 2.50 bits per heavy atom. The van der Waals surface area contributed by atoms with Crippen molar-refractivity contribution in [3.05, 3.63) is 59.7 Å². The molecule has 1 atom stereocenters. The van der Waals surface area contributed by atoms with Crippen LogP contribution in [-0.2, 0) is 4.79 Å². The Balaban J connectivity index is 1.88. The number of aldehydes is 1. The van der Waals surface area contributed by atoms with Crippen LogP contribution in [0.1, 0.15) is 35.8 Å². The fraction of sp³-hybridized carbons (Fsp3) is 0.263. The Kier molecular flexibility index (Phi) is 6.37. The van der Waals surface area contributed by atoms with Crippen LogP contribution in [0, 0.1) is 0 Å². The van der Waals surface area contributed by atoms with E-state index in [1.54, 1.807) is 24.3 Å². The van der Waals surface area contributed by atoms with E-state index in [0.29, 0.717) is 24.2 Å². The van der Waals surface area contributed by atoms with Crippen molar-refractivity contribution in [1.29, 1.82) is 0 Å². The molecule has 0 heterocycles. The molecule has 2 aromatic carbocycles. The highest BCUT2D eigenvalue weighted by Crippen LogP contribution is 2.18. The number of hydrogen-bond donors (Lipinski definition) is 1. The van der Waals surface area contributed by atoms with E-state index in [2.05, 4.69) is 5.32 Å². The number of amides is 1. The number of para-hydroxylation sites is 1. The van der Waals surface area contributed by atoms with E-state index >= 15 is 0 Å². The van der Waals surface area contributed by atoms with Crippen LogP contribution in [-0.4, -0.2) is 25.4 Å². The number of carbonyl (C=O) groups excluding carboxylic acids is 2. The van der Waals surface area contributed by atoms with Crippen molar-refractivity contribution in [1.82, 2.24) is 5.32 Å². The van der Waals surface area contributed by atoms with Crippen LogP contribution in [0.2, 0.25) is 0 Å². The summed E-state index contributed by atoms with van der Waals surface area (Å²) in [5.41, 5.74) is 1.39. The lowest BCUT2D eigenvalue weighted by Crippen LogP contribution is -2.31. The molecule has 1 amide bonds. The average Bonchev–Trinajstić information content (AvgIpc) is 2.61. The summed E-state index contributed by atoms with van der Waals surface area (Å²) in [5.74, 6) is 0.946. The number of hydrogen-bond acceptors (Lipinski definition) is 4. The van der Waals surface area contributed by atoms with Crippen molar-refractivity contribution in [3.8, 4) is 11.5 Å². The van der Waals surface area contributed by atoms with Crippen LogP contribution in [0.5, 0.6) is 11.5 Å². The van der Waals surface area contributed by atoms with Crippen molar-refractivity contribution >= 4 is 12.2 Å². The third-order valence-corrected chi connectivity index (χ3v) is 3.47. The van der Waals surface area contributed by atoms with Crippen molar-refractivity contribution in [2.45, 2.75) is 19.9 Å². The van der Waals surface area contributed by atoms with E-state index in [9.17, 15) is 9.59 Å². The lowest BCUT2D eigenvalue weighted by molar-refractivity contribution is -0.123. The van der Waals surface area contributed by atoms with Gasteiger partial charge in [-0.25, -0.2) is 0 Å². The van der Waals surface area contributed by atoms with Gasteiger partial charge in [0.2, 0.25) is 0 Å². The molecule has 0 aliphatic heterocycles. The Labute approximate surface area is 141 Å². The molecule has 2 rings (SSSR count). The monoisotopic (exact) mass is 327 g/mol. The standard InChI is InChI=1S/C19H21NO4/c1-3-23-17-10-8-15(9-11-17)14(2)20-19(22)13-24-18-7-5-4-6-16(18)12-21/h4-12,14H,3,13H2,1-2H3,(H,20,22). The fourth-order valence-electron chi connectivity index (χ4n) is 2.24. The summed E-state index contributed by atoms with van der Waals surface area (Å²) in [6, 6.07) is 14.2. The Morgan fingerprint density at radius 2 is 1.83 bits per heavy atom. The molecule has 0 radical (unpaired) electrons. The van der Waals surface area contributed by atoms with Gasteiger partial charge in [0.05, 0.1) is 18.2 Å². The largest absolute Gasteiger partial charge is 0.494 e. The molecule has 126 valence electrons. The highest BCUT2D eigenvalue weighted by molar-refractivity contribution is 5.81. The van der Waals surface area contributed by atoms with Gasteiger partial charge in [0.1, 0.15) is 11.5 Å². The summed E-state index contributed by atoms with van der Waals surface area (Å²) < 4.78 is 10.8. The second kappa shape index (κ2) is 8.72. The number of carbonyl (C=O) groups is 2. The van der Waals surface area contributed by atoms with Gasteiger partial charge < -0.3 is 14.8 Å². The van der Waals surface area contributed by atoms with E-state index in [1.165, 1.54) is 0 Å². The molecular formula is C19H21NO4. The minimum atomic E-state index is -0.253. The van der Waals surface area contributed by atoms with Crippen LogP contribution < -0.4 is 14.8 Å². The highest BCUT2D eigenvalue weighted by Gasteiger charge is 2.11. The van der Waals surface area contributed by atoms with Gasteiger partial charge in [-0.2, -0.15) is 0 Å². The zero-order valence-electron chi connectivity index (χ0n) is 13.8. The molecule has 0 saturated carbocycles. The molecule has 0 bridgehead atoms. The molecule has 0 spiro atoms. The van der Waals surface area contributed by atoms with Gasteiger partial charge in [-0.15, -0.1) is 0 Å². The molecule has 0 aromatic heterocycles.